The maximum atomic E-state index is 12.4. The van der Waals surface area contributed by atoms with E-state index in [1.807, 2.05) is 12.1 Å². The minimum absolute atomic E-state index is 0.304. The molecule has 0 aromatic heterocycles. The summed E-state index contributed by atoms with van der Waals surface area (Å²) in [4.78, 5) is 24.9. The van der Waals surface area contributed by atoms with Crippen molar-refractivity contribution in [2.75, 3.05) is 13.7 Å². The van der Waals surface area contributed by atoms with E-state index in [9.17, 15) is 14.7 Å². The van der Waals surface area contributed by atoms with Crippen LogP contribution in [-0.4, -0.2) is 58.5 Å². The summed E-state index contributed by atoms with van der Waals surface area (Å²) in [6.45, 7) is 4.11. The Bertz CT molecular complexity index is 583. The van der Waals surface area contributed by atoms with Gasteiger partial charge in [-0.3, -0.25) is 4.79 Å². The molecule has 1 aliphatic heterocycles. The van der Waals surface area contributed by atoms with Crippen LogP contribution in [0.2, 0.25) is 0 Å². The highest BCUT2D eigenvalue weighted by atomic mass is 16.5. The van der Waals surface area contributed by atoms with Crippen LogP contribution < -0.4 is 4.74 Å². The Morgan fingerprint density at radius 1 is 1.43 bits per heavy atom. The molecular formula is C16H21NO6. The summed E-state index contributed by atoms with van der Waals surface area (Å²) in [6, 6.07) is 7.23. The van der Waals surface area contributed by atoms with Crippen LogP contribution in [0.3, 0.4) is 0 Å². The molecule has 2 atom stereocenters. The summed E-state index contributed by atoms with van der Waals surface area (Å²) >= 11 is 0. The minimum atomic E-state index is -1.89. The number of carboxylic acids is 1. The Morgan fingerprint density at radius 3 is 2.57 bits per heavy atom. The van der Waals surface area contributed by atoms with Crippen LogP contribution in [0.15, 0.2) is 24.3 Å². The van der Waals surface area contributed by atoms with Gasteiger partial charge in [-0.05, 0) is 31.5 Å². The molecule has 2 rings (SSSR count). The van der Waals surface area contributed by atoms with E-state index in [0.29, 0.717) is 18.8 Å². The molecule has 2 N–H and O–H groups in total. The van der Waals surface area contributed by atoms with E-state index in [1.54, 1.807) is 33.1 Å². The number of carbonyl (C=O) groups is 2. The third-order valence-corrected chi connectivity index (χ3v) is 3.64. The number of morpholine rings is 1. The maximum Gasteiger partial charge on any atom is 0.335 e. The molecule has 0 aliphatic carbocycles. The fourth-order valence-electron chi connectivity index (χ4n) is 2.56. The third-order valence-electron chi connectivity index (χ3n) is 3.64. The number of hydrogen-bond donors (Lipinski definition) is 2. The standard InChI is InChI=1S/C16H21NO6/c1-16(2)9-17(8-10-4-6-11(22-3)7-5-10)14(19)13(23-16)12(18)15(20)21/h4-7,12-13,18H,8-9H2,1-3H3,(H,20,21)/t12-,13?/m1/s1. The van der Waals surface area contributed by atoms with Gasteiger partial charge in [-0.15, -0.1) is 0 Å². The van der Waals surface area contributed by atoms with Crippen molar-refractivity contribution in [3.8, 4) is 5.75 Å². The van der Waals surface area contributed by atoms with Gasteiger partial charge in [-0.25, -0.2) is 4.79 Å². The first-order valence-electron chi connectivity index (χ1n) is 7.24. The molecule has 1 saturated heterocycles. The number of amides is 1. The highest BCUT2D eigenvalue weighted by Crippen LogP contribution is 2.26. The van der Waals surface area contributed by atoms with Crippen LogP contribution >= 0.6 is 0 Å². The van der Waals surface area contributed by atoms with E-state index in [-0.39, 0.29) is 0 Å². The first-order valence-corrected chi connectivity index (χ1v) is 7.24. The Kier molecular flexibility index (Phi) is 4.91. The quantitative estimate of drug-likeness (QED) is 0.826. The number of aliphatic hydroxyl groups is 1. The minimum Gasteiger partial charge on any atom is -0.497 e. The van der Waals surface area contributed by atoms with Gasteiger partial charge < -0.3 is 24.6 Å². The van der Waals surface area contributed by atoms with E-state index in [1.165, 1.54) is 4.90 Å². The Hall–Kier alpha value is -2.12. The summed E-state index contributed by atoms with van der Waals surface area (Å²) in [5, 5.41) is 18.7. The predicted molar refractivity (Wildman–Crippen MR) is 81.0 cm³/mol. The van der Waals surface area contributed by atoms with Gasteiger partial charge >= 0.3 is 5.97 Å². The van der Waals surface area contributed by atoms with Crippen LogP contribution in [-0.2, 0) is 20.9 Å². The van der Waals surface area contributed by atoms with Crippen LogP contribution in [0.1, 0.15) is 19.4 Å². The molecule has 0 saturated carbocycles. The molecule has 1 aromatic rings. The molecule has 1 heterocycles. The molecule has 23 heavy (non-hydrogen) atoms. The van der Waals surface area contributed by atoms with Crippen molar-refractivity contribution >= 4 is 11.9 Å². The summed E-state index contributed by atoms with van der Waals surface area (Å²) < 4.78 is 10.6. The van der Waals surface area contributed by atoms with Gasteiger partial charge in [0, 0.05) is 13.1 Å². The smallest absolute Gasteiger partial charge is 0.335 e. The van der Waals surface area contributed by atoms with Crippen LogP contribution in [0.25, 0.3) is 0 Å². The number of nitrogens with zero attached hydrogens (tertiary/aromatic N) is 1. The maximum absolute atomic E-state index is 12.4. The van der Waals surface area contributed by atoms with Gasteiger partial charge in [0.05, 0.1) is 12.7 Å². The molecule has 126 valence electrons. The van der Waals surface area contributed by atoms with Crippen molar-refractivity contribution in [1.29, 1.82) is 0 Å². The van der Waals surface area contributed by atoms with Gasteiger partial charge in [-0.2, -0.15) is 0 Å². The number of rotatable bonds is 5. The lowest BCUT2D eigenvalue weighted by molar-refractivity contribution is -0.198. The Morgan fingerprint density at radius 2 is 2.04 bits per heavy atom. The van der Waals surface area contributed by atoms with Gasteiger partial charge in [0.25, 0.3) is 5.91 Å². The first-order chi connectivity index (χ1) is 10.7. The fourth-order valence-corrected chi connectivity index (χ4v) is 2.56. The third kappa shape index (κ3) is 4.00. The predicted octanol–water partition coefficient (Wildman–Crippen LogP) is 0.647. The summed E-state index contributed by atoms with van der Waals surface area (Å²) in [6.07, 6.45) is -3.30. The molecule has 1 amide bonds. The first kappa shape index (κ1) is 17.2. The van der Waals surface area contributed by atoms with Crippen LogP contribution in [0.5, 0.6) is 5.75 Å². The zero-order chi connectivity index (χ0) is 17.2. The molecule has 1 aromatic carbocycles. The largest absolute Gasteiger partial charge is 0.497 e. The SMILES string of the molecule is COc1ccc(CN2CC(C)(C)OC([C@@H](O)C(=O)O)C2=O)cc1. The van der Waals surface area contributed by atoms with E-state index < -0.39 is 29.7 Å². The molecule has 1 unspecified atom stereocenters. The van der Waals surface area contributed by atoms with Crippen molar-refractivity contribution < 1.29 is 29.3 Å². The number of benzene rings is 1. The second-order valence-corrected chi connectivity index (χ2v) is 6.12. The van der Waals surface area contributed by atoms with Crippen molar-refractivity contribution in [1.82, 2.24) is 4.90 Å². The second kappa shape index (κ2) is 6.55. The molecular weight excluding hydrogens is 302 g/mol. The topological polar surface area (TPSA) is 96.3 Å². The van der Waals surface area contributed by atoms with Gasteiger partial charge in [-0.1, -0.05) is 12.1 Å². The number of aliphatic hydroxyl groups excluding tert-OH is 1. The summed E-state index contributed by atoms with van der Waals surface area (Å²) in [5.74, 6) is -1.30. The average Bonchev–Trinajstić information content (AvgIpc) is 2.50. The zero-order valence-corrected chi connectivity index (χ0v) is 13.4. The van der Waals surface area contributed by atoms with Crippen molar-refractivity contribution in [3.63, 3.8) is 0 Å². The lowest BCUT2D eigenvalue weighted by Crippen LogP contribution is -2.60. The van der Waals surface area contributed by atoms with Crippen molar-refractivity contribution in [2.45, 2.75) is 38.2 Å². The van der Waals surface area contributed by atoms with Gasteiger partial charge in [0.2, 0.25) is 0 Å². The Labute approximate surface area is 134 Å². The van der Waals surface area contributed by atoms with Crippen molar-refractivity contribution in [3.05, 3.63) is 29.8 Å². The lowest BCUT2D eigenvalue weighted by atomic mass is 10.0. The van der Waals surface area contributed by atoms with E-state index in [0.717, 1.165) is 5.56 Å². The van der Waals surface area contributed by atoms with Crippen LogP contribution in [0, 0.1) is 0 Å². The van der Waals surface area contributed by atoms with E-state index in [4.69, 9.17) is 14.6 Å². The monoisotopic (exact) mass is 323 g/mol. The van der Waals surface area contributed by atoms with Gasteiger partial charge in [0.15, 0.2) is 12.2 Å². The van der Waals surface area contributed by atoms with Crippen molar-refractivity contribution in [2.24, 2.45) is 0 Å². The van der Waals surface area contributed by atoms with E-state index >= 15 is 0 Å². The lowest BCUT2D eigenvalue weighted by Gasteiger charge is -2.42. The average molecular weight is 323 g/mol. The normalized spacial score (nSPS) is 21.8. The number of carbonyl (C=O) groups excluding carboxylic acids is 1. The van der Waals surface area contributed by atoms with Crippen LogP contribution in [0.4, 0.5) is 0 Å². The molecule has 1 aliphatic rings. The second-order valence-electron chi connectivity index (χ2n) is 6.12. The fraction of sp³-hybridized carbons (Fsp3) is 0.500. The summed E-state index contributed by atoms with van der Waals surface area (Å²) in [5.41, 5.74) is 0.127. The molecule has 0 radical (unpaired) electrons. The molecule has 1 fully saturated rings. The molecule has 7 nitrogen and oxygen atoms in total. The number of aliphatic carboxylic acids is 1. The number of carboxylic acid groups (broad SMARTS) is 1. The highest BCUT2D eigenvalue weighted by Gasteiger charge is 2.45. The van der Waals surface area contributed by atoms with E-state index in [2.05, 4.69) is 0 Å². The molecule has 7 heteroatoms. The number of methoxy groups -OCH3 is 1. The number of hydrogen-bond acceptors (Lipinski definition) is 5. The highest BCUT2D eigenvalue weighted by molar-refractivity contribution is 5.88. The molecule has 0 spiro atoms. The Balaban J connectivity index is 2.18. The zero-order valence-electron chi connectivity index (χ0n) is 13.4. The van der Waals surface area contributed by atoms with Gasteiger partial charge in [0.1, 0.15) is 5.75 Å². The summed E-state index contributed by atoms with van der Waals surface area (Å²) in [7, 11) is 1.57. The molecule has 0 bridgehead atoms. The number of ether oxygens (including phenoxy) is 2.